The maximum atomic E-state index is 14.4. The Morgan fingerprint density at radius 3 is 2.41 bits per heavy atom. The molecule has 0 radical (unpaired) electrons. The van der Waals surface area contributed by atoms with Crippen LogP contribution < -0.4 is 5.73 Å². The van der Waals surface area contributed by atoms with Crippen LogP contribution in [-0.2, 0) is 5.92 Å². The Labute approximate surface area is 166 Å². The van der Waals surface area contributed by atoms with Gasteiger partial charge in [-0.15, -0.1) is 0 Å². The van der Waals surface area contributed by atoms with Crippen LogP contribution in [0.1, 0.15) is 18.1 Å². The molecule has 0 unspecified atom stereocenters. The van der Waals surface area contributed by atoms with E-state index in [1.54, 1.807) is 24.3 Å². The van der Waals surface area contributed by atoms with Crippen LogP contribution in [0, 0.1) is 6.92 Å². The molecule has 4 rings (SSSR count). The van der Waals surface area contributed by atoms with Crippen LogP contribution in [0.4, 0.5) is 14.6 Å². The number of rotatable bonds is 4. The van der Waals surface area contributed by atoms with E-state index >= 15 is 0 Å². The molecule has 0 aliphatic heterocycles. The van der Waals surface area contributed by atoms with Crippen molar-refractivity contribution in [1.82, 2.24) is 15.1 Å². The summed E-state index contributed by atoms with van der Waals surface area (Å²) in [6.07, 6.45) is 1.52. The number of aryl methyl sites for hydroxylation is 1. The van der Waals surface area contributed by atoms with Crippen molar-refractivity contribution >= 4 is 5.82 Å². The molecule has 0 saturated carbocycles. The van der Waals surface area contributed by atoms with Gasteiger partial charge in [0.05, 0.1) is 0 Å². The molecule has 2 heterocycles. The maximum Gasteiger partial charge on any atom is 0.271 e. The second-order valence-corrected chi connectivity index (χ2v) is 6.86. The first-order chi connectivity index (χ1) is 13.8. The molecule has 4 aromatic rings. The van der Waals surface area contributed by atoms with E-state index in [4.69, 9.17) is 10.3 Å². The zero-order chi connectivity index (χ0) is 20.6. The van der Waals surface area contributed by atoms with E-state index in [9.17, 15) is 8.78 Å². The summed E-state index contributed by atoms with van der Waals surface area (Å²) < 4.78 is 34.2. The molecular formula is C22H18F2N4O. The van der Waals surface area contributed by atoms with Crippen molar-refractivity contribution in [3.8, 4) is 34.0 Å². The van der Waals surface area contributed by atoms with Crippen LogP contribution >= 0.6 is 0 Å². The van der Waals surface area contributed by atoms with E-state index in [0.29, 0.717) is 28.3 Å². The van der Waals surface area contributed by atoms with Gasteiger partial charge < -0.3 is 10.3 Å². The monoisotopic (exact) mass is 392 g/mol. The van der Waals surface area contributed by atoms with Crippen molar-refractivity contribution in [2.24, 2.45) is 0 Å². The Kier molecular flexibility index (Phi) is 4.58. The van der Waals surface area contributed by atoms with Crippen LogP contribution in [0.5, 0.6) is 0 Å². The predicted octanol–water partition coefficient (Wildman–Crippen LogP) is 5.47. The van der Waals surface area contributed by atoms with E-state index in [2.05, 4.69) is 15.1 Å². The van der Waals surface area contributed by atoms with Gasteiger partial charge >= 0.3 is 0 Å². The van der Waals surface area contributed by atoms with Crippen molar-refractivity contribution in [1.29, 1.82) is 0 Å². The summed E-state index contributed by atoms with van der Waals surface area (Å²) in [4.78, 5) is 8.31. The van der Waals surface area contributed by atoms with Gasteiger partial charge in [0.2, 0.25) is 5.82 Å². The van der Waals surface area contributed by atoms with E-state index < -0.39 is 5.92 Å². The van der Waals surface area contributed by atoms with Gasteiger partial charge in [0.1, 0.15) is 5.82 Å². The van der Waals surface area contributed by atoms with Gasteiger partial charge in [0, 0.05) is 29.8 Å². The predicted molar refractivity (Wildman–Crippen MR) is 107 cm³/mol. The van der Waals surface area contributed by atoms with Crippen molar-refractivity contribution in [3.63, 3.8) is 0 Å². The average molecular weight is 392 g/mol. The summed E-state index contributed by atoms with van der Waals surface area (Å²) >= 11 is 0. The number of nitrogens with zero attached hydrogens (tertiary/aromatic N) is 3. The van der Waals surface area contributed by atoms with E-state index in [1.165, 1.54) is 12.3 Å². The molecule has 5 nitrogen and oxygen atoms in total. The molecule has 2 aromatic carbocycles. The van der Waals surface area contributed by atoms with Crippen LogP contribution in [0.25, 0.3) is 34.0 Å². The summed E-state index contributed by atoms with van der Waals surface area (Å²) in [6.45, 7) is 2.78. The van der Waals surface area contributed by atoms with Gasteiger partial charge in [-0.05, 0) is 47.9 Å². The van der Waals surface area contributed by atoms with Gasteiger partial charge in [-0.25, -0.2) is 13.8 Å². The van der Waals surface area contributed by atoms with E-state index in [0.717, 1.165) is 18.1 Å². The summed E-state index contributed by atoms with van der Waals surface area (Å²) in [5, 5.41) is 3.92. The Morgan fingerprint density at radius 1 is 0.966 bits per heavy atom. The van der Waals surface area contributed by atoms with E-state index in [1.807, 2.05) is 31.2 Å². The average Bonchev–Trinajstić information content (AvgIpc) is 3.18. The zero-order valence-electron chi connectivity index (χ0n) is 15.9. The standard InChI is InChI=1S/C22H18F2N4O/c1-13-5-3-4-6-16(13)17-9-7-14(11-18(17)22(2,23)24)21-27-20(28-29-21)15-8-10-19(25)26-12-15/h3-12H,1-2H3,(H2,25,26). The second-order valence-electron chi connectivity index (χ2n) is 6.86. The lowest BCUT2D eigenvalue weighted by atomic mass is 9.92. The van der Waals surface area contributed by atoms with Crippen molar-refractivity contribution < 1.29 is 13.3 Å². The summed E-state index contributed by atoms with van der Waals surface area (Å²) in [5.41, 5.74) is 8.67. The first-order valence-corrected chi connectivity index (χ1v) is 8.97. The fourth-order valence-electron chi connectivity index (χ4n) is 3.15. The number of anilines is 1. The number of aromatic nitrogens is 3. The minimum absolute atomic E-state index is 0.0989. The molecule has 0 aliphatic rings. The molecule has 0 amide bonds. The van der Waals surface area contributed by atoms with Crippen molar-refractivity contribution in [2.75, 3.05) is 5.73 Å². The summed E-state index contributed by atoms with van der Waals surface area (Å²) in [6, 6.07) is 15.5. The lowest BCUT2D eigenvalue weighted by molar-refractivity contribution is 0.0181. The Morgan fingerprint density at radius 2 is 1.72 bits per heavy atom. The van der Waals surface area contributed by atoms with Gasteiger partial charge in [-0.3, -0.25) is 0 Å². The number of nitrogens with two attached hydrogens (primary N) is 1. The quantitative estimate of drug-likeness (QED) is 0.498. The molecule has 7 heteroatoms. The topological polar surface area (TPSA) is 77.8 Å². The number of hydrogen-bond acceptors (Lipinski definition) is 5. The second kappa shape index (κ2) is 7.09. The highest BCUT2D eigenvalue weighted by Crippen LogP contribution is 2.39. The third-order valence-corrected chi connectivity index (χ3v) is 4.65. The minimum Gasteiger partial charge on any atom is -0.384 e. The molecule has 0 bridgehead atoms. The molecule has 0 atom stereocenters. The molecular weight excluding hydrogens is 374 g/mol. The van der Waals surface area contributed by atoms with Gasteiger partial charge in [0.25, 0.3) is 11.8 Å². The smallest absolute Gasteiger partial charge is 0.271 e. The molecule has 0 aliphatic carbocycles. The van der Waals surface area contributed by atoms with Crippen molar-refractivity contribution in [3.05, 3.63) is 71.9 Å². The number of hydrogen-bond donors (Lipinski definition) is 1. The molecule has 29 heavy (non-hydrogen) atoms. The fourth-order valence-corrected chi connectivity index (χ4v) is 3.15. The largest absolute Gasteiger partial charge is 0.384 e. The molecule has 2 N–H and O–H groups in total. The molecule has 146 valence electrons. The third kappa shape index (κ3) is 3.71. The minimum atomic E-state index is -3.04. The van der Waals surface area contributed by atoms with Gasteiger partial charge in [-0.1, -0.05) is 35.5 Å². The summed E-state index contributed by atoms with van der Waals surface area (Å²) in [5.74, 6) is -2.21. The first-order valence-electron chi connectivity index (χ1n) is 8.97. The fraction of sp³-hybridized carbons (Fsp3) is 0.136. The van der Waals surface area contributed by atoms with Crippen LogP contribution in [0.3, 0.4) is 0 Å². The Hall–Kier alpha value is -3.61. The molecule has 0 saturated heterocycles. The normalized spacial score (nSPS) is 11.6. The highest BCUT2D eigenvalue weighted by Gasteiger charge is 2.29. The van der Waals surface area contributed by atoms with Crippen LogP contribution in [0.2, 0.25) is 0 Å². The lowest BCUT2D eigenvalue weighted by Crippen LogP contribution is -2.09. The molecule has 2 aromatic heterocycles. The number of alkyl halides is 2. The zero-order valence-corrected chi connectivity index (χ0v) is 15.9. The van der Waals surface area contributed by atoms with Crippen LogP contribution in [0.15, 0.2) is 65.3 Å². The first kappa shape index (κ1) is 18.7. The maximum absolute atomic E-state index is 14.4. The third-order valence-electron chi connectivity index (χ3n) is 4.65. The Balaban J connectivity index is 1.78. The molecule has 0 fully saturated rings. The number of pyridine rings is 1. The Bertz CT molecular complexity index is 1160. The van der Waals surface area contributed by atoms with Gasteiger partial charge in [-0.2, -0.15) is 4.98 Å². The molecule has 0 spiro atoms. The highest BCUT2D eigenvalue weighted by molar-refractivity contribution is 5.74. The van der Waals surface area contributed by atoms with Gasteiger partial charge in [0.15, 0.2) is 0 Å². The number of benzene rings is 2. The number of halogens is 2. The van der Waals surface area contributed by atoms with Crippen LogP contribution in [-0.4, -0.2) is 15.1 Å². The SMILES string of the molecule is Cc1ccccc1-c1ccc(-c2nc(-c3ccc(N)nc3)no2)cc1C(C)(F)F. The van der Waals surface area contributed by atoms with E-state index in [-0.39, 0.29) is 11.5 Å². The highest BCUT2D eigenvalue weighted by atomic mass is 19.3. The number of nitrogen functional groups attached to an aromatic ring is 1. The van der Waals surface area contributed by atoms with Crippen molar-refractivity contribution in [2.45, 2.75) is 19.8 Å². The summed E-state index contributed by atoms with van der Waals surface area (Å²) in [7, 11) is 0. The lowest BCUT2D eigenvalue weighted by Gasteiger charge is -2.18.